The van der Waals surface area contributed by atoms with Gasteiger partial charge in [0.05, 0.1) is 6.54 Å². The lowest BCUT2D eigenvalue weighted by Crippen LogP contribution is -2.35. The van der Waals surface area contributed by atoms with E-state index in [0.717, 1.165) is 24.1 Å². The second kappa shape index (κ2) is 7.02. The number of nitrogens with one attached hydrogen (secondary N) is 1. The highest BCUT2D eigenvalue weighted by Gasteiger charge is 2.27. The number of hydrogen-bond acceptors (Lipinski definition) is 2. The summed E-state index contributed by atoms with van der Waals surface area (Å²) in [6.07, 6.45) is 6.77. The van der Waals surface area contributed by atoms with Gasteiger partial charge in [-0.1, -0.05) is 25.0 Å². The predicted octanol–water partition coefficient (Wildman–Crippen LogP) is 2.72. The minimum absolute atomic E-state index is 0.149. The number of anilines is 1. The summed E-state index contributed by atoms with van der Waals surface area (Å²) in [6.45, 7) is 0.538. The van der Waals surface area contributed by atoms with Gasteiger partial charge in [-0.3, -0.25) is 4.79 Å². The van der Waals surface area contributed by atoms with Crippen molar-refractivity contribution in [2.75, 3.05) is 12.4 Å². The highest BCUT2D eigenvalue weighted by Crippen LogP contribution is 2.26. The van der Waals surface area contributed by atoms with Crippen molar-refractivity contribution in [2.45, 2.75) is 51.1 Å². The van der Waals surface area contributed by atoms with Crippen molar-refractivity contribution in [3.63, 3.8) is 0 Å². The molecule has 3 N–H and O–H groups in total. The smallest absolute Gasteiger partial charge is 0.227 e. The van der Waals surface area contributed by atoms with Crippen LogP contribution in [-0.2, 0) is 11.3 Å². The number of rotatable bonds is 5. The second-order valence-electron chi connectivity index (χ2n) is 6.69. The number of hydrogen-bond donors (Lipinski definition) is 2. The SMILES string of the molecule is CN(C(N)=NCc1cccc(NC(=O)C2CCCC2)c1)C1CC1. The quantitative estimate of drug-likeness (QED) is 0.648. The molecule has 5 heteroatoms. The Morgan fingerprint density at radius 3 is 2.74 bits per heavy atom. The predicted molar refractivity (Wildman–Crippen MR) is 93.1 cm³/mol. The summed E-state index contributed by atoms with van der Waals surface area (Å²) in [5, 5.41) is 3.03. The Balaban J connectivity index is 1.58. The molecular formula is C18H26N4O. The van der Waals surface area contributed by atoms with Crippen LogP contribution in [0, 0.1) is 5.92 Å². The molecular weight excluding hydrogens is 288 g/mol. The van der Waals surface area contributed by atoms with Crippen LogP contribution in [0.15, 0.2) is 29.3 Å². The van der Waals surface area contributed by atoms with Crippen LogP contribution in [0.1, 0.15) is 44.1 Å². The summed E-state index contributed by atoms with van der Waals surface area (Å²) in [5.74, 6) is 0.920. The second-order valence-corrected chi connectivity index (χ2v) is 6.69. The third kappa shape index (κ3) is 4.24. The van der Waals surface area contributed by atoms with Crippen LogP contribution in [-0.4, -0.2) is 29.9 Å². The van der Waals surface area contributed by atoms with Crippen molar-refractivity contribution < 1.29 is 4.79 Å². The highest BCUT2D eigenvalue weighted by molar-refractivity contribution is 5.92. The van der Waals surface area contributed by atoms with Crippen LogP contribution in [0.2, 0.25) is 0 Å². The molecule has 1 amide bonds. The van der Waals surface area contributed by atoms with Crippen molar-refractivity contribution >= 4 is 17.6 Å². The molecule has 1 aromatic rings. The molecule has 124 valence electrons. The Morgan fingerprint density at radius 2 is 2.04 bits per heavy atom. The highest BCUT2D eigenvalue weighted by atomic mass is 16.1. The molecule has 2 saturated carbocycles. The van der Waals surface area contributed by atoms with Crippen molar-refractivity contribution in [3.8, 4) is 0 Å². The number of nitrogens with two attached hydrogens (primary N) is 1. The van der Waals surface area contributed by atoms with Crippen molar-refractivity contribution in [1.29, 1.82) is 0 Å². The third-order valence-electron chi connectivity index (χ3n) is 4.80. The molecule has 3 rings (SSSR count). The average Bonchev–Trinajstić information content (AvgIpc) is 3.26. The zero-order chi connectivity index (χ0) is 16.2. The van der Waals surface area contributed by atoms with Gasteiger partial charge in [-0.25, -0.2) is 4.99 Å². The van der Waals surface area contributed by atoms with Crippen LogP contribution < -0.4 is 11.1 Å². The van der Waals surface area contributed by atoms with E-state index in [2.05, 4.69) is 10.3 Å². The summed E-state index contributed by atoms with van der Waals surface area (Å²) < 4.78 is 0. The number of carbonyl (C=O) groups excluding carboxylic acids is 1. The summed E-state index contributed by atoms with van der Waals surface area (Å²) in [6, 6.07) is 8.45. The van der Waals surface area contributed by atoms with E-state index in [1.165, 1.54) is 25.7 Å². The summed E-state index contributed by atoms with van der Waals surface area (Å²) >= 11 is 0. The van der Waals surface area contributed by atoms with Crippen molar-refractivity contribution in [3.05, 3.63) is 29.8 Å². The molecule has 0 radical (unpaired) electrons. The number of carbonyl (C=O) groups is 1. The number of amides is 1. The average molecular weight is 314 g/mol. The molecule has 0 spiro atoms. The first-order chi connectivity index (χ1) is 11.1. The van der Waals surface area contributed by atoms with E-state index >= 15 is 0 Å². The van der Waals surface area contributed by atoms with Crippen LogP contribution in [0.3, 0.4) is 0 Å². The Hall–Kier alpha value is -2.04. The van der Waals surface area contributed by atoms with E-state index < -0.39 is 0 Å². The molecule has 0 heterocycles. The molecule has 2 fully saturated rings. The molecule has 0 unspecified atom stereocenters. The maximum Gasteiger partial charge on any atom is 0.227 e. The van der Waals surface area contributed by atoms with E-state index in [9.17, 15) is 4.79 Å². The Kier molecular flexibility index (Phi) is 4.84. The fourth-order valence-corrected chi connectivity index (χ4v) is 3.11. The molecule has 0 saturated heterocycles. The van der Waals surface area contributed by atoms with Crippen molar-refractivity contribution in [1.82, 2.24) is 4.90 Å². The fraction of sp³-hybridized carbons (Fsp3) is 0.556. The number of guanidine groups is 1. The van der Waals surface area contributed by atoms with E-state index in [1.54, 1.807) is 0 Å². The monoisotopic (exact) mass is 314 g/mol. The maximum absolute atomic E-state index is 12.2. The zero-order valence-corrected chi connectivity index (χ0v) is 13.8. The molecule has 0 aliphatic heterocycles. The Labute approximate surface area is 138 Å². The lowest BCUT2D eigenvalue weighted by molar-refractivity contribution is -0.119. The van der Waals surface area contributed by atoms with Gasteiger partial charge in [0.2, 0.25) is 5.91 Å². The maximum atomic E-state index is 12.2. The Bertz CT molecular complexity index is 588. The standard InChI is InChI=1S/C18H26N4O/c1-22(16-9-10-16)18(19)20-12-13-5-4-8-15(11-13)21-17(23)14-6-2-3-7-14/h4-5,8,11,14,16H,2-3,6-7,9-10,12H2,1H3,(H2,19,20)(H,21,23). The van der Waals surface area contributed by atoms with Gasteiger partial charge in [-0.2, -0.15) is 0 Å². The largest absolute Gasteiger partial charge is 0.370 e. The topological polar surface area (TPSA) is 70.7 Å². The summed E-state index contributed by atoms with van der Waals surface area (Å²) in [5.41, 5.74) is 7.92. The van der Waals surface area contributed by atoms with Gasteiger partial charge in [0.15, 0.2) is 5.96 Å². The lowest BCUT2D eigenvalue weighted by Gasteiger charge is -2.17. The van der Waals surface area contributed by atoms with E-state index in [4.69, 9.17) is 5.73 Å². The molecule has 2 aliphatic carbocycles. The van der Waals surface area contributed by atoms with Crippen molar-refractivity contribution in [2.24, 2.45) is 16.6 Å². The minimum atomic E-state index is 0.149. The first-order valence-electron chi connectivity index (χ1n) is 8.56. The van der Waals surface area contributed by atoms with Crippen LogP contribution in [0.5, 0.6) is 0 Å². The van der Waals surface area contributed by atoms with Gasteiger partial charge >= 0.3 is 0 Å². The first-order valence-corrected chi connectivity index (χ1v) is 8.56. The zero-order valence-electron chi connectivity index (χ0n) is 13.8. The first kappa shape index (κ1) is 15.8. The molecule has 5 nitrogen and oxygen atoms in total. The molecule has 0 bridgehead atoms. The van der Waals surface area contributed by atoms with Gasteiger partial charge in [0.25, 0.3) is 0 Å². The van der Waals surface area contributed by atoms with Crippen LogP contribution >= 0.6 is 0 Å². The van der Waals surface area contributed by atoms with Gasteiger partial charge in [0.1, 0.15) is 0 Å². The molecule has 0 atom stereocenters. The summed E-state index contributed by atoms with van der Waals surface area (Å²) in [7, 11) is 1.99. The van der Waals surface area contributed by atoms with E-state index in [0.29, 0.717) is 18.5 Å². The fourth-order valence-electron chi connectivity index (χ4n) is 3.11. The minimum Gasteiger partial charge on any atom is -0.370 e. The van der Waals surface area contributed by atoms with Gasteiger partial charge in [0, 0.05) is 24.7 Å². The number of nitrogens with zero attached hydrogens (tertiary/aromatic N) is 2. The van der Waals surface area contributed by atoms with E-state index in [1.807, 2.05) is 36.2 Å². The van der Waals surface area contributed by atoms with Gasteiger partial charge in [-0.05, 0) is 43.4 Å². The van der Waals surface area contributed by atoms with Crippen LogP contribution in [0.4, 0.5) is 5.69 Å². The van der Waals surface area contributed by atoms with Gasteiger partial charge in [-0.15, -0.1) is 0 Å². The van der Waals surface area contributed by atoms with Gasteiger partial charge < -0.3 is 16.0 Å². The summed E-state index contributed by atoms with van der Waals surface area (Å²) in [4.78, 5) is 18.7. The lowest BCUT2D eigenvalue weighted by atomic mass is 10.1. The molecule has 2 aliphatic rings. The van der Waals surface area contributed by atoms with Crippen LogP contribution in [0.25, 0.3) is 0 Å². The van der Waals surface area contributed by atoms with E-state index in [-0.39, 0.29) is 11.8 Å². The molecule has 1 aromatic carbocycles. The molecule has 23 heavy (non-hydrogen) atoms. The molecule has 0 aromatic heterocycles. The third-order valence-corrected chi connectivity index (χ3v) is 4.80. The normalized spacial score (nSPS) is 18.9. The number of benzene rings is 1. The number of aliphatic imine (C=N–C) groups is 1. The Morgan fingerprint density at radius 1 is 1.30 bits per heavy atom.